The van der Waals surface area contributed by atoms with Gasteiger partial charge >= 0.3 is 6.09 Å². The molecule has 0 saturated carbocycles. The Morgan fingerprint density at radius 2 is 2.36 bits per heavy atom. The van der Waals surface area contributed by atoms with Crippen LogP contribution in [-0.2, 0) is 4.74 Å². The van der Waals surface area contributed by atoms with E-state index in [9.17, 15) is 4.79 Å². The third-order valence-electron chi connectivity index (χ3n) is 1.17. The maximum atomic E-state index is 10.1. The predicted molar refractivity (Wildman–Crippen MR) is 38.5 cm³/mol. The fourth-order valence-corrected chi connectivity index (χ4v) is 0.729. The molecule has 11 heavy (non-hydrogen) atoms. The first-order valence-electron chi connectivity index (χ1n) is 3.30. The molecule has 0 rings (SSSR count). The van der Waals surface area contributed by atoms with Crippen molar-refractivity contribution < 1.29 is 19.7 Å². The summed E-state index contributed by atoms with van der Waals surface area (Å²) in [6.07, 6.45) is -0.722. The summed E-state index contributed by atoms with van der Waals surface area (Å²) in [7, 11) is 1.48. The molecule has 0 aliphatic rings. The van der Waals surface area contributed by atoms with Crippen LogP contribution in [0.5, 0.6) is 0 Å². The lowest BCUT2D eigenvalue weighted by Crippen LogP contribution is -2.37. The monoisotopic (exact) mass is 163 g/mol. The lowest BCUT2D eigenvalue weighted by molar-refractivity contribution is 0.138. The molecule has 3 N–H and O–H groups in total. The summed E-state index contributed by atoms with van der Waals surface area (Å²) in [5.41, 5.74) is 0. The zero-order valence-electron chi connectivity index (χ0n) is 6.41. The molecule has 5 nitrogen and oxygen atoms in total. The van der Waals surface area contributed by atoms with E-state index in [2.05, 4.69) is 5.32 Å². The van der Waals surface area contributed by atoms with Crippen molar-refractivity contribution in [3.05, 3.63) is 0 Å². The van der Waals surface area contributed by atoms with Crippen LogP contribution in [0, 0.1) is 0 Å². The molecule has 0 fully saturated rings. The van der Waals surface area contributed by atoms with Crippen molar-refractivity contribution in [1.29, 1.82) is 0 Å². The molecule has 0 spiro atoms. The normalized spacial score (nSPS) is 12.5. The van der Waals surface area contributed by atoms with Gasteiger partial charge in [0, 0.05) is 13.7 Å². The molecule has 0 aromatic heterocycles. The van der Waals surface area contributed by atoms with Crippen molar-refractivity contribution in [3.8, 4) is 0 Å². The van der Waals surface area contributed by atoms with Gasteiger partial charge in [-0.05, 0) is 6.42 Å². The first kappa shape index (κ1) is 10.2. The molecular weight excluding hydrogens is 150 g/mol. The van der Waals surface area contributed by atoms with Crippen LogP contribution in [0.3, 0.4) is 0 Å². The van der Waals surface area contributed by atoms with E-state index in [1.165, 1.54) is 7.11 Å². The van der Waals surface area contributed by atoms with Gasteiger partial charge < -0.3 is 20.3 Å². The third-order valence-corrected chi connectivity index (χ3v) is 1.17. The van der Waals surface area contributed by atoms with Gasteiger partial charge in [0.2, 0.25) is 0 Å². The van der Waals surface area contributed by atoms with Crippen molar-refractivity contribution in [1.82, 2.24) is 5.32 Å². The number of rotatable bonds is 5. The van der Waals surface area contributed by atoms with E-state index >= 15 is 0 Å². The topological polar surface area (TPSA) is 78.8 Å². The number of methoxy groups -OCH3 is 1. The molecule has 0 aliphatic carbocycles. The van der Waals surface area contributed by atoms with Crippen molar-refractivity contribution >= 4 is 6.09 Å². The minimum absolute atomic E-state index is 0.0473. The molecule has 0 aliphatic heterocycles. The first-order chi connectivity index (χ1) is 5.20. The maximum absolute atomic E-state index is 10.1. The highest BCUT2D eigenvalue weighted by atomic mass is 16.5. The van der Waals surface area contributed by atoms with Crippen LogP contribution >= 0.6 is 0 Å². The van der Waals surface area contributed by atoms with E-state index in [-0.39, 0.29) is 19.3 Å². The fraction of sp³-hybridized carbons (Fsp3) is 0.833. The van der Waals surface area contributed by atoms with E-state index in [4.69, 9.17) is 14.9 Å². The van der Waals surface area contributed by atoms with Crippen LogP contribution in [0.15, 0.2) is 0 Å². The number of amides is 1. The van der Waals surface area contributed by atoms with Crippen LogP contribution in [0.25, 0.3) is 0 Å². The van der Waals surface area contributed by atoms with Gasteiger partial charge in [0.25, 0.3) is 0 Å². The molecule has 0 aromatic rings. The zero-order valence-corrected chi connectivity index (χ0v) is 6.41. The first-order valence-corrected chi connectivity index (χ1v) is 3.30. The number of hydrogen-bond acceptors (Lipinski definition) is 3. The Morgan fingerprint density at radius 1 is 1.73 bits per heavy atom. The van der Waals surface area contributed by atoms with E-state index in [0.717, 1.165) is 0 Å². The summed E-state index contributed by atoms with van der Waals surface area (Å²) in [6, 6.07) is -0.317. The van der Waals surface area contributed by atoms with Crippen LogP contribution in [-0.4, -0.2) is 42.7 Å². The van der Waals surface area contributed by atoms with Crippen molar-refractivity contribution in [2.24, 2.45) is 0 Å². The van der Waals surface area contributed by atoms with Gasteiger partial charge in [-0.25, -0.2) is 4.79 Å². The Morgan fingerprint density at radius 3 is 2.73 bits per heavy atom. The highest BCUT2D eigenvalue weighted by Gasteiger charge is 2.09. The number of aliphatic hydroxyl groups excluding tert-OH is 1. The SMILES string of the molecule is COC[C@@H](CCO)NC(=O)O. The molecule has 0 heterocycles. The summed E-state index contributed by atoms with van der Waals surface area (Å²) in [5, 5.41) is 19.0. The molecule has 1 amide bonds. The largest absolute Gasteiger partial charge is 0.465 e. The molecule has 0 radical (unpaired) electrons. The third kappa shape index (κ3) is 5.63. The Hall–Kier alpha value is -0.810. The summed E-state index contributed by atoms with van der Waals surface area (Å²) in [4.78, 5) is 10.1. The van der Waals surface area contributed by atoms with Gasteiger partial charge in [-0.3, -0.25) is 0 Å². The number of hydrogen-bond donors (Lipinski definition) is 3. The Labute approximate surface area is 65.0 Å². The molecular formula is C6H13NO4. The highest BCUT2D eigenvalue weighted by molar-refractivity contribution is 5.64. The number of aliphatic hydroxyl groups is 1. The van der Waals surface area contributed by atoms with Crippen molar-refractivity contribution in [3.63, 3.8) is 0 Å². The molecule has 0 saturated heterocycles. The molecule has 1 atom stereocenters. The Balaban J connectivity index is 3.59. The van der Waals surface area contributed by atoms with Gasteiger partial charge in [-0.1, -0.05) is 0 Å². The van der Waals surface area contributed by atoms with Crippen LogP contribution in [0.4, 0.5) is 4.79 Å². The van der Waals surface area contributed by atoms with E-state index in [0.29, 0.717) is 6.42 Å². The van der Waals surface area contributed by atoms with Crippen molar-refractivity contribution in [2.75, 3.05) is 20.3 Å². The summed E-state index contributed by atoms with van der Waals surface area (Å²) in [5.74, 6) is 0. The molecule has 0 aromatic carbocycles. The van der Waals surface area contributed by atoms with Gasteiger partial charge in [-0.15, -0.1) is 0 Å². The zero-order chi connectivity index (χ0) is 8.69. The van der Waals surface area contributed by atoms with Crippen LogP contribution in [0.1, 0.15) is 6.42 Å². The average molecular weight is 163 g/mol. The molecule has 5 heteroatoms. The standard InChI is InChI=1S/C6H13NO4/c1-11-4-5(2-3-8)7-6(9)10/h5,7-8H,2-4H2,1H3,(H,9,10)/t5-/m1/s1. The average Bonchev–Trinajstić information content (AvgIpc) is 1.87. The molecule has 66 valence electrons. The summed E-state index contributed by atoms with van der Waals surface area (Å²) < 4.78 is 4.72. The van der Waals surface area contributed by atoms with Crippen LogP contribution in [0.2, 0.25) is 0 Å². The van der Waals surface area contributed by atoms with Gasteiger partial charge in [0.1, 0.15) is 0 Å². The Bertz CT molecular complexity index is 111. The van der Waals surface area contributed by atoms with Gasteiger partial charge in [-0.2, -0.15) is 0 Å². The number of carbonyl (C=O) groups is 1. The highest BCUT2D eigenvalue weighted by Crippen LogP contribution is 1.90. The summed E-state index contributed by atoms with van der Waals surface area (Å²) in [6.45, 7) is 0.237. The maximum Gasteiger partial charge on any atom is 0.404 e. The molecule has 0 bridgehead atoms. The number of nitrogens with one attached hydrogen (secondary N) is 1. The second-order valence-corrected chi connectivity index (χ2v) is 2.11. The van der Waals surface area contributed by atoms with Crippen molar-refractivity contribution in [2.45, 2.75) is 12.5 Å². The predicted octanol–water partition coefficient (Wildman–Crippen LogP) is -0.349. The Kier molecular flexibility index (Phi) is 5.50. The van der Waals surface area contributed by atoms with Gasteiger partial charge in [0.05, 0.1) is 12.6 Å². The number of carboxylic acid groups (broad SMARTS) is 1. The second-order valence-electron chi connectivity index (χ2n) is 2.11. The quantitative estimate of drug-likeness (QED) is 0.517. The second kappa shape index (κ2) is 5.94. The lowest BCUT2D eigenvalue weighted by atomic mass is 10.2. The van der Waals surface area contributed by atoms with E-state index in [1.54, 1.807) is 0 Å². The lowest BCUT2D eigenvalue weighted by Gasteiger charge is -2.13. The summed E-state index contributed by atoms with van der Waals surface area (Å²) >= 11 is 0. The fourth-order valence-electron chi connectivity index (χ4n) is 0.729. The smallest absolute Gasteiger partial charge is 0.404 e. The van der Waals surface area contributed by atoms with Crippen LogP contribution < -0.4 is 5.32 Å². The molecule has 0 unspecified atom stereocenters. The van der Waals surface area contributed by atoms with Gasteiger partial charge in [0.15, 0.2) is 0 Å². The minimum atomic E-state index is -1.10. The minimum Gasteiger partial charge on any atom is -0.465 e. The number of ether oxygens (including phenoxy) is 1. The van der Waals surface area contributed by atoms with E-state index < -0.39 is 6.09 Å². The van der Waals surface area contributed by atoms with E-state index in [1.807, 2.05) is 0 Å².